The van der Waals surface area contributed by atoms with Crippen molar-refractivity contribution in [1.29, 1.82) is 0 Å². The van der Waals surface area contributed by atoms with Crippen molar-refractivity contribution >= 4 is 11.8 Å². The van der Waals surface area contributed by atoms with Crippen molar-refractivity contribution in [1.82, 2.24) is 10.2 Å². The number of hydrogen-bond acceptors (Lipinski definition) is 3. The molecule has 2 amide bonds. The van der Waals surface area contributed by atoms with Crippen LogP contribution in [0.1, 0.15) is 26.3 Å². The number of hydrogen-bond donors (Lipinski definition) is 1. The first kappa shape index (κ1) is 18.2. The van der Waals surface area contributed by atoms with Gasteiger partial charge in [-0.2, -0.15) is 0 Å². The maximum Gasteiger partial charge on any atom is 0.242 e. The second kappa shape index (κ2) is 9.20. The Balaban J connectivity index is 2.80. The van der Waals surface area contributed by atoms with Crippen LogP contribution in [0.3, 0.4) is 0 Å². The molecular weight excluding hydrogens is 280 g/mol. The van der Waals surface area contributed by atoms with E-state index < -0.39 is 6.04 Å². The lowest BCUT2D eigenvalue weighted by Crippen LogP contribution is -2.49. The molecule has 0 saturated carbocycles. The number of rotatable bonds is 8. The van der Waals surface area contributed by atoms with Gasteiger partial charge in [0.25, 0.3) is 0 Å². The van der Waals surface area contributed by atoms with E-state index >= 15 is 0 Å². The Bertz CT molecular complexity index is 474. The number of benzene rings is 1. The highest BCUT2D eigenvalue weighted by molar-refractivity contribution is 5.88. The van der Waals surface area contributed by atoms with Gasteiger partial charge in [0.05, 0.1) is 6.61 Å². The van der Waals surface area contributed by atoms with Crippen LogP contribution in [0, 0.1) is 5.92 Å². The predicted octanol–water partition coefficient (Wildman–Crippen LogP) is 1.82. The molecule has 1 aromatic rings. The summed E-state index contributed by atoms with van der Waals surface area (Å²) in [7, 11) is 1.58. The molecule has 1 rings (SSSR count). The van der Waals surface area contributed by atoms with Crippen LogP contribution in [0.15, 0.2) is 30.3 Å². The van der Waals surface area contributed by atoms with Gasteiger partial charge in [-0.05, 0) is 12.5 Å². The van der Waals surface area contributed by atoms with Gasteiger partial charge in [0.15, 0.2) is 0 Å². The van der Waals surface area contributed by atoms with Gasteiger partial charge >= 0.3 is 0 Å². The van der Waals surface area contributed by atoms with Crippen molar-refractivity contribution in [2.45, 2.75) is 33.4 Å². The molecule has 122 valence electrons. The highest BCUT2D eigenvalue weighted by Crippen LogP contribution is 2.13. The van der Waals surface area contributed by atoms with Gasteiger partial charge in [-0.1, -0.05) is 44.2 Å². The van der Waals surface area contributed by atoms with Gasteiger partial charge in [0, 0.05) is 26.1 Å². The Morgan fingerprint density at radius 2 is 1.82 bits per heavy atom. The first-order valence-corrected chi connectivity index (χ1v) is 7.58. The molecule has 0 aliphatic heterocycles. The van der Waals surface area contributed by atoms with E-state index in [-0.39, 0.29) is 17.7 Å². The molecule has 0 saturated heterocycles. The molecule has 0 heterocycles. The monoisotopic (exact) mass is 306 g/mol. The molecule has 22 heavy (non-hydrogen) atoms. The van der Waals surface area contributed by atoms with E-state index in [1.54, 1.807) is 18.9 Å². The zero-order valence-electron chi connectivity index (χ0n) is 13.8. The first-order valence-electron chi connectivity index (χ1n) is 7.58. The predicted molar refractivity (Wildman–Crippen MR) is 86.2 cm³/mol. The fourth-order valence-corrected chi connectivity index (χ4v) is 2.08. The lowest BCUT2D eigenvalue weighted by molar-refractivity contribution is -0.143. The quantitative estimate of drug-likeness (QED) is 0.745. The van der Waals surface area contributed by atoms with Gasteiger partial charge in [-0.15, -0.1) is 0 Å². The van der Waals surface area contributed by atoms with E-state index in [2.05, 4.69) is 5.32 Å². The highest BCUT2D eigenvalue weighted by Gasteiger charge is 2.27. The molecule has 0 fully saturated rings. The minimum Gasteiger partial charge on any atom is -0.383 e. The van der Waals surface area contributed by atoms with E-state index in [1.165, 1.54) is 0 Å². The van der Waals surface area contributed by atoms with Crippen LogP contribution in [0.25, 0.3) is 0 Å². The molecule has 1 N–H and O–H groups in total. The van der Waals surface area contributed by atoms with Crippen molar-refractivity contribution in [3.63, 3.8) is 0 Å². The summed E-state index contributed by atoms with van der Waals surface area (Å²) in [5.41, 5.74) is 1.01. The fraction of sp³-hybridized carbons (Fsp3) is 0.529. The van der Waals surface area contributed by atoms with Gasteiger partial charge in [-0.3, -0.25) is 9.59 Å². The normalized spacial score (nSPS) is 12.0. The third-order valence-electron chi connectivity index (χ3n) is 3.43. The number of carbonyl (C=O) groups is 2. The number of methoxy groups -OCH3 is 1. The van der Waals surface area contributed by atoms with Gasteiger partial charge < -0.3 is 15.0 Å². The summed E-state index contributed by atoms with van der Waals surface area (Å²) in [5, 5.41) is 2.79. The number of ether oxygens (including phenoxy) is 1. The number of amides is 2. The Hall–Kier alpha value is -1.88. The van der Waals surface area contributed by atoms with Crippen LogP contribution in [0.4, 0.5) is 0 Å². The van der Waals surface area contributed by atoms with E-state index in [0.29, 0.717) is 19.7 Å². The maximum atomic E-state index is 12.4. The average molecular weight is 306 g/mol. The number of nitrogens with zero attached hydrogens (tertiary/aromatic N) is 1. The van der Waals surface area contributed by atoms with Crippen LogP contribution < -0.4 is 5.32 Å². The molecule has 0 bridgehead atoms. The van der Waals surface area contributed by atoms with Gasteiger partial charge in [0.1, 0.15) is 6.04 Å². The standard InChI is InChI=1S/C17H26N2O3/c1-13(2)17(21)19(12-15-8-6-5-7-9-15)14(3)16(20)18-10-11-22-4/h5-9,13-14H,10-12H2,1-4H3,(H,18,20)/t14-/m1/s1. The summed E-state index contributed by atoms with van der Waals surface area (Å²) < 4.78 is 4.92. The minimum atomic E-state index is -0.521. The summed E-state index contributed by atoms with van der Waals surface area (Å²) in [4.78, 5) is 26.3. The molecule has 5 heteroatoms. The van der Waals surface area contributed by atoms with E-state index in [1.807, 2.05) is 44.2 Å². The van der Waals surface area contributed by atoms with Crippen LogP contribution in [0.5, 0.6) is 0 Å². The molecule has 1 atom stereocenters. The molecule has 5 nitrogen and oxygen atoms in total. The van der Waals surface area contributed by atoms with E-state index in [9.17, 15) is 9.59 Å². The highest BCUT2D eigenvalue weighted by atomic mass is 16.5. The van der Waals surface area contributed by atoms with Gasteiger partial charge in [0.2, 0.25) is 11.8 Å². The maximum absolute atomic E-state index is 12.4. The van der Waals surface area contributed by atoms with Crippen molar-refractivity contribution in [3.05, 3.63) is 35.9 Å². The molecule has 0 aliphatic carbocycles. The zero-order valence-corrected chi connectivity index (χ0v) is 13.8. The molecule has 0 aliphatic rings. The van der Waals surface area contributed by atoms with Crippen LogP contribution in [-0.2, 0) is 20.9 Å². The van der Waals surface area contributed by atoms with E-state index in [4.69, 9.17) is 4.74 Å². The van der Waals surface area contributed by atoms with E-state index in [0.717, 1.165) is 5.56 Å². The van der Waals surface area contributed by atoms with Crippen molar-refractivity contribution in [3.8, 4) is 0 Å². The topological polar surface area (TPSA) is 58.6 Å². The summed E-state index contributed by atoms with van der Waals surface area (Å²) in [6, 6.07) is 9.17. The summed E-state index contributed by atoms with van der Waals surface area (Å²) in [5.74, 6) is -0.349. The third kappa shape index (κ3) is 5.48. The lowest BCUT2D eigenvalue weighted by Gasteiger charge is -2.30. The Kier molecular flexibility index (Phi) is 7.60. The van der Waals surface area contributed by atoms with Crippen LogP contribution >= 0.6 is 0 Å². The van der Waals surface area contributed by atoms with Crippen molar-refractivity contribution < 1.29 is 14.3 Å². The molecule has 0 aromatic heterocycles. The van der Waals surface area contributed by atoms with Crippen LogP contribution in [0.2, 0.25) is 0 Å². The van der Waals surface area contributed by atoms with Crippen molar-refractivity contribution in [2.75, 3.05) is 20.3 Å². The molecule has 0 spiro atoms. The first-order chi connectivity index (χ1) is 10.5. The summed E-state index contributed by atoms with van der Waals surface area (Å²) >= 11 is 0. The van der Waals surface area contributed by atoms with Crippen LogP contribution in [-0.4, -0.2) is 43.0 Å². The lowest BCUT2D eigenvalue weighted by atomic mass is 10.1. The summed E-state index contributed by atoms with van der Waals surface area (Å²) in [6.45, 7) is 6.76. The Labute approximate surface area is 132 Å². The average Bonchev–Trinajstić information content (AvgIpc) is 2.52. The van der Waals surface area contributed by atoms with Crippen molar-refractivity contribution in [2.24, 2.45) is 5.92 Å². The SMILES string of the molecule is COCCNC(=O)[C@@H](C)N(Cc1ccccc1)C(=O)C(C)C. The summed E-state index contributed by atoms with van der Waals surface area (Å²) in [6.07, 6.45) is 0. The number of carbonyl (C=O) groups excluding carboxylic acids is 2. The molecule has 0 unspecified atom stereocenters. The molecule has 0 radical (unpaired) electrons. The molecule has 1 aromatic carbocycles. The second-order valence-corrected chi connectivity index (χ2v) is 5.57. The van der Waals surface area contributed by atoms with Gasteiger partial charge in [-0.25, -0.2) is 0 Å². The Morgan fingerprint density at radius 1 is 1.18 bits per heavy atom. The second-order valence-electron chi connectivity index (χ2n) is 5.57. The number of nitrogens with one attached hydrogen (secondary N) is 1. The Morgan fingerprint density at radius 3 is 2.36 bits per heavy atom. The minimum absolute atomic E-state index is 0.0294. The largest absolute Gasteiger partial charge is 0.383 e. The third-order valence-corrected chi connectivity index (χ3v) is 3.43. The molecular formula is C17H26N2O3. The fourth-order valence-electron chi connectivity index (χ4n) is 2.08. The zero-order chi connectivity index (χ0) is 16.5. The smallest absolute Gasteiger partial charge is 0.242 e.